The molecule has 1 nitrogen and oxygen atoms in total. The van der Waals surface area contributed by atoms with E-state index in [1.807, 2.05) is 0 Å². The zero-order chi connectivity index (χ0) is 6.85. The second-order valence-electron chi connectivity index (χ2n) is 2.38. The van der Waals surface area contributed by atoms with Crippen LogP contribution in [0.4, 0.5) is 0 Å². The molecular formula is C8H13N. The van der Waals surface area contributed by atoms with Crippen LogP contribution in [0.25, 0.3) is 0 Å². The predicted molar refractivity (Wildman–Crippen MR) is 39.5 cm³/mol. The lowest BCUT2D eigenvalue weighted by Gasteiger charge is -1.99. The Hall–Kier alpha value is -0.720. The lowest BCUT2D eigenvalue weighted by Crippen LogP contribution is -1.95. The molecule has 0 aliphatic carbocycles. The summed E-state index contributed by atoms with van der Waals surface area (Å²) in [5, 5.41) is 0. The highest BCUT2D eigenvalue weighted by Gasteiger charge is 1.95. The van der Waals surface area contributed by atoms with Gasteiger partial charge in [0.25, 0.3) is 0 Å². The lowest BCUT2D eigenvalue weighted by atomic mass is 10.3. The van der Waals surface area contributed by atoms with Crippen molar-refractivity contribution in [3.05, 3.63) is 23.5 Å². The summed E-state index contributed by atoms with van der Waals surface area (Å²) >= 11 is 0. The lowest BCUT2D eigenvalue weighted by molar-refractivity contribution is 0.808. The first-order valence-corrected chi connectivity index (χ1v) is 3.37. The fourth-order valence-electron chi connectivity index (χ4n) is 1.02. The smallest absolute Gasteiger partial charge is 0.0171 e. The van der Waals surface area contributed by atoms with Crippen molar-refractivity contribution in [2.45, 2.75) is 20.3 Å². The van der Waals surface area contributed by atoms with Crippen molar-refractivity contribution in [2.24, 2.45) is 7.05 Å². The van der Waals surface area contributed by atoms with Crippen LogP contribution >= 0.6 is 0 Å². The molecule has 1 heteroatoms. The van der Waals surface area contributed by atoms with E-state index in [0.29, 0.717) is 0 Å². The Bertz CT molecular complexity index is 198. The normalized spacial score (nSPS) is 10.1. The molecule has 50 valence electrons. The summed E-state index contributed by atoms with van der Waals surface area (Å²) in [5.74, 6) is 0. The number of aromatic nitrogens is 1. The van der Waals surface area contributed by atoms with Crippen molar-refractivity contribution in [1.29, 1.82) is 0 Å². The second kappa shape index (κ2) is 2.26. The van der Waals surface area contributed by atoms with Gasteiger partial charge < -0.3 is 4.57 Å². The van der Waals surface area contributed by atoms with E-state index in [-0.39, 0.29) is 0 Å². The molecule has 0 N–H and O–H groups in total. The monoisotopic (exact) mass is 123 g/mol. The summed E-state index contributed by atoms with van der Waals surface area (Å²) in [4.78, 5) is 0. The molecule has 1 heterocycles. The molecular weight excluding hydrogens is 110 g/mol. The van der Waals surface area contributed by atoms with E-state index in [4.69, 9.17) is 0 Å². The average Bonchev–Trinajstić information content (AvgIpc) is 2.15. The number of aryl methyl sites for hydroxylation is 2. The molecule has 0 aliphatic rings. The van der Waals surface area contributed by atoms with Gasteiger partial charge in [-0.3, -0.25) is 0 Å². The maximum Gasteiger partial charge on any atom is 0.0171 e. The fourth-order valence-corrected chi connectivity index (χ4v) is 1.02. The number of nitrogens with zero attached hydrogens (tertiary/aromatic N) is 1. The Balaban J connectivity index is 3.04. The Morgan fingerprint density at radius 3 is 2.33 bits per heavy atom. The molecule has 0 aromatic carbocycles. The van der Waals surface area contributed by atoms with Crippen molar-refractivity contribution in [3.8, 4) is 0 Å². The van der Waals surface area contributed by atoms with Crippen LogP contribution in [0.15, 0.2) is 12.1 Å². The van der Waals surface area contributed by atoms with Crippen LogP contribution in [0.2, 0.25) is 0 Å². The van der Waals surface area contributed by atoms with Crippen molar-refractivity contribution in [3.63, 3.8) is 0 Å². The number of hydrogen-bond acceptors (Lipinski definition) is 0. The van der Waals surface area contributed by atoms with Crippen molar-refractivity contribution in [2.75, 3.05) is 0 Å². The van der Waals surface area contributed by atoms with Gasteiger partial charge in [-0.05, 0) is 25.5 Å². The Morgan fingerprint density at radius 1 is 1.44 bits per heavy atom. The van der Waals surface area contributed by atoms with Crippen LogP contribution in [-0.4, -0.2) is 4.57 Å². The molecule has 0 saturated carbocycles. The van der Waals surface area contributed by atoms with E-state index >= 15 is 0 Å². The van der Waals surface area contributed by atoms with Gasteiger partial charge in [0.15, 0.2) is 0 Å². The first-order chi connectivity index (χ1) is 4.25. The summed E-state index contributed by atoms with van der Waals surface area (Å²) in [6.45, 7) is 4.30. The van der Waals surface area contributed by atoms with Crippen molar-refractivity contribution >= 4 is 0 Å². The molecule has 0 saturated heterocycles. The van der Waals surface area contributed by atoms with Crippen LogP contribution in [0, 0.1) is 6.92 Å². The van der Waals surface area contributed by atoms with Gasteiger partial charge in [-0.1, -0.05) is 6.92 Å². The summed E-state index contributed by atoms with van der Waals surface area (Å²) in [7, 11) is 2.11. The molecule has 9 heavy (non-hydrogen) atoms. The van der Waals surface area contributed by atoms with Crippen LogP contribution in [0.1, 0.15) is 18.3 Å². The minimum absolute atomic E-state index is 1.13. The summed E-state index contributed by atoms with van der Waals surface area (Å²) < 4.78 is 2.22. The van der Waals surface area contributed by atoms with E-state index < -0.39 is 0 Å². The molecule has 0 radical (unpaired) electrons. The minimum atomic E-state index is 1.13. The van der Waals surface area contributed by atoms with Crippen LogP contribution < -0.4 is 0 Å². The number of hydrogen-bond donors (Lipinski definition) is 0. The van der Waals surface area contributed by atoms with Gasteiger partial charge in [0, 0.05) is 18.4 Å². The molecule has 0 fully saturated rings. The first-order valence-electron chi connectivity index (χ1n) is 3.37. The van der Waals surface area contributed by atoms with Gasteiger partial charge in [-0.2, -0.15) is 0 Å². The topological polar surface area (TPSA) is 4.93 Å². The minimum Gasteiger partial charge on any atom is -0.352 e. The first kappa shape index (κ1) is 6.40. The van der Waals surface area contributed by atoms with Crippen molar-refractivity contribution in [1.82, 2.24) is 4.57 Å². The van der Waals surface area contributed by atoms with E-state index in [1.54, 1.807) is 0 Å². The van der Waals surface area contributed by atoms with Gasteiger partial charge in [-0.25, -0.2) is 0 Å². The Labute approximate surface area is 56.3 Å². The molecule has 0 unspecified atom stereocenters. The van der Waals surface area contributed by atoms with Gasteiger partial charge in [-0.15, -0.1) is 0 Å². The summed E-state index contributed by atoms with van der Waals surface area (Å²) in [5.41, 5.74) is 2.75. The molecule has 0 aliphatic heterocycles. The van der Waals surface area contributed by atoms with Crippen molar-refractivity contribution < 1.29 is 0 Å². The quantitative estimate of drug-likeness (QED) is 0.537. The highest BCUT2D eigenvalue weighted by atomic mass is 14.9. The molecule has 1 aromatic rings. The van der Waals surface area contributed by atoms with Crippen LogP contribution in [-0.2, 0) is 13.5 Å². The SMILES string of the molecule is CCc1ccc(C)n1C. The molecule has 0 bridgehead atoms. The molecule has 1 rings (SSSR count). The second-order valence-corrected chi connectivity index (χ2v) is 2.38. The third-order valence-corrected chi connectivity index (χ3v) is 1.84. The summed E-state index contributed by atoms with van der Waals surface area (Å²) in [6, 6.07) is 4.33. The van der Waals surface area contributed by atoms with Gasteiger partial charge >= 0.3 is 0 Å². The highest BCUT2D eigenvalue weighted by Crippen LogP contribution is 2.04. The van der Waals surface area contributed by atoms with Crippen LogP contribution in [0.5, 0.6) is 0 Å². The predicted octanol–water partition coefficient (Wildman–Crippen LogP) is 1.90. The van der Waals surface area contributed by atoms with E-state index in [0.717, 1.165) is 6.42 Å². The van der Waals surface area contributed by atoms with Gasteiger partial charge in [0.2, 0.25) is 0 Å². The largest absolute Gasteiger partial charge is 0.352 e. The molecule has 0 spiro atoms. The Kier molecular flexibility index (Phi) is 1.60. The molecule has 0 amide bonds. The highest BCUT2D eigenvalue weighted by molar-refractivity contribution is 5.13. The maximum absolute atomic E-state index is 2.22. The molecule has 1 aromatic heterocycles. The van der Waals surface area contributed by atoms with E-state index in [9.17, 15) is 0 Å². The van der Waals surface area contributed by atoms with E-state index in [2.05, 4.69) is 37.6 Å². The van der Waals surface area contributed by atoms with Gasteiger partial charge in [0.05, 0.1) is 0 Å². The maximum atomic E-state index is 2.22. The third kappa shape index (κ3) is 0.995. The zero-order valence-electron chi connectivity index (χ0n) is 6.31. The zero-order valence-corrected chi connectivity index (χ0v) is 6.31. The van der Waals surface area contributed by atoms with E-state index in [1.165, 1.54) is 11.4 Å². The fraction of sp³-hybridized carbons (Fsp3) is 0.500. The standard InChI is InChI=1S/C8H13N/c1-4-8-6-5-7(2)9(8)3/h5-6H,4H2,1-3H3. The van der Waals surface area contributed by atoms with Crippen LogP contribution in [0.3, 0.4) is 0 Å². The summed E-state index contributed by atoms with van der Waals surface area (Å²) in [6.07, 6.45) is 1.13. The van der Waals surface area contributed by atoms with Gasteiger partial charge in [0.1, 0.15) is 0 Å². The average molecular weight is 123 g/mol. The number of rotatable bonds is 1. The third-order valence-electron chi connectivity index (χ3n) is 1.84. The molecule has 0 atom stereocenters. The Morgan fingerprint density at radius 2 is 2.11 bits per heavy atom.